The molecule has 1 heterocycles. The van der Waals surface area contributed by atoms with Crippen LogP contribution in [-0.2, 0) is 23.7 Å². The smallest absolute Gasteiger partial charge is 0.338 e. The lowest BCUT2D eigenvalue weighted by Crippen LogP contribution is -2.60. The summed E-state index contributed by atoms with van der Waals surface area (Å²) in [7, 11) is 1.37. The van der Waals surface area contributed by atoms with Gasteiger partial charge in [0.05, 0.1) is 5.56 Å². The van der Waals surface area contributed by atoms with Crippen molar-refractivity contribution in [2.45, 2.75) is 37.6 Å². The van der Waals surface area contributed by atoms with Gasteiger partial charge in [0.15, 0.2) is 18.5 Å². The van der Waals surface area contributed by atoms with Crippen LogP contribution in [0.25, 0.3) is 10.4 Å². The van der Waals surface area contributed by atoms with Crippen LogP contribution in [0.4, 0.5) is 0 Å². The number of esters is 2. The number of methoxy groups -OCH3 is 1. The maximum Gasteiger partial charge on any atom is 0.338 e. The second kappa shape index (κ2) is 9.54. The fraction of sp³-hybridized carbons (Fsp3) is 0.500. The number of hydrogen-bond donors (Lipinski definition) is 0. The molecule has 0 saturated carbocycles. The number of nitrogens with zero attached hydrogens (tertiary/aromatic N) is 3. The first-order chi connectivity index (χ1) is 12.5. The zero-order valence-corrected chi connectivity index (χ0v) is 15.7. The molecule has 0 amide bonds. The van der Waals surface area contributed by atoms with Gasteiger partial charge in [-0.05, 0) is 17.7 Å². The van der Waals surface area contributed by atoms with Gasteiger partial charge < -0.3 is 18.9 Å². The standard InChI is InChI=1S/C16H18BrN3O6/c1-9(21)24-14-12(19-20-18)16(23-2)25-11(8-17)13(14)26-15(22)10-6-4-3-5-7-10/h3-7,11-14,16H,8H2,1-2H3/t11-,12+,13-,14+,16+/m1/s1. The molecule has 0 radical (unpaired) electrons. The summed E-state index contributed by atoms with van der Waals surface area (Å²) in [5.41, 5.74) is 9.17. The number of rotatable bonds is 6. The van der Waals surface area contributed by atoms with E-state index in [2.05, 4.69) is 26.0 Å². The summed E-state index contributed by atoms with van der Waals surface area (Å²) in [6.45, 7) is 1.21. The normalized spacial score (nSPS) is 27.9. The minimum atomic E-state index is -1.06. The van der Waals surface area contributed by atoms with Crippen LogP contribution in [0.2, 0.25) is 0 Å². The first kappa shape index (κ1) is 20.2. The number of carbonyl (C=O) groups is 2. The molecule has 0 spiro atoms. The third-order valence-corrected chi connectivity index (χ3v) is 4.38. The molecule has 1 aromatic rings. The van der Waals surface area contributed by atoms with Crippen LogP contribution in [-0.4, -0.2) is 55.0 Å². The fourth-order valence-corrected chi connectivity index (χ4v) is 3.15. The van der Waals surface area contributed by atoms with E-state index in [0.717, 1.165) is 0 Å². The molecule has 1 fully saturated rings. The van der Waals surface area contributed by atoms with Crippen molar-refractivity contribution < 1.29 is 28.5 Å². The molecule has 1 aromatic carbocycles. The van der Waals surface area contributed by atoms with Crippen molar-refractivity contribution in [3.05, 3.63) is 46.3 Å². The molecule has 0 N–H and O–H groups in total. The lowest BCUT2D eigenvalue weighted by Gasteiger charge is -2.42. The van der Waals surface area contributed by atoms with E-state index in [1.54, 1.807) is 30.3 Å². The average molecular weight is 428 g/mol. The fourth-order valence-electron chi connectivity index (χ4n) is 2.63. The summed E-state index contributed by atoms with van der Waals surface area (Å²) < 4.78 is 21.8. The van der Waals surface area contributed by atoms with Gasteiger partial charge in [-0.1, -0.05) is 39.2 Å². The van der Waals surface area contributed by atoms with Gasteiger partial charge in [-0.25, -0.2) is 4.79 Å². The monoisotopic (exact) mass is 427 g/mol. The molecule has 2 rings (SSSR count). The molecule has 0 bridgehead atoms. The summed E-state index contributed by atoms with van der Waals surface area (Å²) in [6.07, 6.45) is -3.68. The van der Waals surface area contributed by atoms with Crippen LogP contribution < -0.4 is 0 Å². The van der Waals surface area contributed by atoms with E-state index in [-0.39, 0.29) is 5.33 Å². The topological polar surface area (TPSA) is 120 Å². The maximum absolute atomic E-state index is 12.5. The van der Waals surface area contributed by atoms with E-state index in [9.17, 15) is 9.59 Å². The van der Waals surface area contributed by atoms with Gasteiger partial charge in [0.1, 0.15) is 12.1 Å². The lowest BCUT2D eigenvalue weighted by molar-refractivity contribution is -0.249. The Morgan fingerprint density at radius 3 is 2.50 bits per heavy atom. The first-order valence-corrected chi connectivity index (χ1v) is 8.85. The van der Waals surface area contributed by atoms with Gasteiger partial charge in [0.25, 0.3) is 0 Å². The Kier molecular flexibility index (Phi) is 7.40. The average Bonchev–Trinajstić information content (AvgIpc) is 2.64. The van der Waals surface area contributed by atoms with Crippen LogP contribution >= 0.6 is 15.9 Å². The molecule has 0 unspecified atom stereocenters. The molecule has 1 saturated heterocycles. The van der Waals surface area contributed by atoms with Crippen molar-refractivity contribution in [1.29, 1.82) is 0 Å². The van der Waals surface area contributed by atoms with Gasteiger partial charge >= 0.3 is 11.9 Å². The van der Waals surface area contributed by atoms with E-state index < -0.39 is 42.6 Å². The lowest BCUT2D eigenvalue weighted by atomic mass is 9.97. The molecule has 0 aliphatic carbocycles. The summed E-state index contributed by atoms with van der Waals surface area (Å²) in [4.78, 5) is 26.8. The van der Waals surface area contributed by atoms with E-state index in [0.29, 0.717) is 5.56 Å². The number of azide groups is 1. The molecular weight excluding hydrogens is 410 g/mol. The molecule has 140 valence electrons. The Morgan fingerprint density at radius 1 is 1.27 bits per heavy atom. The second-order valence-electron chi connectivity index (χ2n) is 5.44. The van der Waals surface area contributed by atoms with Crippen LogP contribution in [0, 0.1) is 0 Å². The van der Waals surface area contributed by atoms with Crippen molar-refractivity contribution >= 4 is 27.9 Å². The zero-order chi connectivity index (χ0) is 19.1. The first-order valence-electron chi connectivity index (χ1n) is 7.73. The minimum Gasteiger partial charge on any atom is -0.458 e. The molecule has 0 aromatic heterocycles. The van der Waals surface area contributed by atoms with Crippen LogP contribution in [0.15, 0.2) is 35.4 Å². The summed E-state index contributed by atoms with van der Waals surface area (Å²) >= 11 is 3.29. The Labute approximate surface area is 158 Å². The second-order valence-corrected chi connectivity index (χ2v) is 6.09. The number of ether oxygens (including phenoxy) is 4. The molecule has 26 heavy (non-hydrogen) atoms. The molecule has 5 atom stereocenters. The van der Waals surface area contributed by atoms with Gasteiger partial charge in [-0.2, -0.15) is 0 Å². The van der Waals surface area contributed by atoms with Gasteiger partial charge in [-0.15, -0.1) is 0 Å². The molecule has 1 aliphatic rings. The predicted octanol–water partition coefficient (Wildman–Crippen LogP) is 2.59. The van der Waals surface area contributed by atoms with Crippen molar-refractivity contribution in [2.75, 3.05) is 12.4 Å². The number of benzene rings is 1. The Balaban J connectivity index is 2.34. The molecule has 1 aliphatic heterocycles. The summed E-state index contributed by atoms with van der Waals surface area (Å²) in [5, 5.41) is 3.89. The molecular formula is C16H18BrN3O6. The van der Waals surface area contributed by atoms with Crippen LogP contribution in [0.3, 0.4) is 0 Å². The number of hydrogen-bond acceptors (Lipinski definition) is 7. The van der Waals surface area contributed by atoms with E-state index in [1.165, 1.54) is 14.0 Å². The number of alkyl halides is 1. The van der Waals surface area contributed by atoms with Crippen molar-refractivity contribution in [2.24, 2.45) is 5.11 Å². The van der Waals surface area contributed by atoms with Crippen LogP contribution in [0.1, 0.15) is 17.3 Å². The largest absolute Gasteiger partial charge is 0.458 e. The third-order valence-electron chi connectivity index (χ3n) is 3.74. The Bertz CT molecular complexity index is 682. The van der Waals surface area contributed by atoms with Crippen molar-refractivity contribution in [3.8, 4) is 0 Å². The number of halogens is 1. The Morgan fingerprint density at radius 2 is 1.96 bits per heavy atom. The third kappa shape index (κ3) is 4.73. The molecule has 10 heteroatoms. The summed E-state index contributed by atoms with van der Waals surface area (Å²) in [6, 6.07) is 7.34. The minimum absolute atomic E-state index is 0.278. The van der Waals surface area contributed by atoms with Crippen molar-refractivity contribution in [1.82, 2.24) is 0 Å². The highest BCUT2D eigenvalue weighted by Crippen LogP contribution is 2.30. The van der Waals surface area contributed by atoms with Gasteiger partial charge in [-0.3, -0.25) is 4.79 Å². The zero-order valence-electron chi connectivity index (χ0n) is 14.1. The van der Waals surface area contributed by atoms with E-state index in [4.69, 9.17) is 24.5 Å². The highest BCUT2D eigenvalue weighted by molar-refractivity contribution is 9.09. The van der Waals surface area contributed by atoms with Crippen molar-refractivity contribution in [3.63, 3.8) is 0 Å². The van der Waals surface area contributed by atoms with Gasteiger partial charge in [0.2, 0.25) is 0 Å². The Hall–Kier alpha value is -2.13. The quantitative estimate of drug-likeness (QED) is 0.226. The maximum atomic E-state index is 12.5. The SMILES string of the molecule is CO[C@H]1O[C@H](CBr)[C@@H](OC(=O)c2ccccc2)[C@@H](OC(C)=O)[C@@H]1N=[N+]=[N-]. The van der Waals surface area contributed by atoms with Crippen LogP contribution in [0.5, 0.6) is 0 Å². The highest BCUT2D eigenvalue weighted by atomic mass is 79.9. The summed E-state index contributed by atoms with van der Waals surface area (Å²) in [5.74, 6) is -1.23. The number of carbonyl (C=O) groups excluding carboxylic acids is 2. The van der Waals surface area contributed by atoms with E-state index in [1.807, 2.05) is 0 Å². The van der Waals surface area contributed by atoms with Gasteiger partial charge in [0, 0.05) is 24.3 Å². The molecule has 9 nitrogen and oxygen atoms in total. The highest BCUT2D eigenvalue weighted by Gasteiger charge is 2.49. The van der Waals surface area contributed by atoms with E-state index >= 15 is 0 Å². The predicted molar refractivity (Wildman–Crippen MR) is 93.6 cm³/mol.